The minimum atomic E-state index is -1.57. The van der Waals surface area contributed by atoms with E-state index in [1.165, 1.54) is 23.6 Å². The SMILES string of the molecule is CC(=O)OCC1OC(Oc2cc(C)c(O)cc2CC=C(C)CCC=C(C)CCC=C(C)C)C(O)C(O)C1OC(C)=O. The Morgan fingerprint density at radius 1 is 0.902 bits per heavy atom. The number of aliphatic hydroxyl groups excluding tert-OH is 2. The van der Waals surface area contributed by atoms with Gasteiger partial charge in [0, 0.05) is 19.4 Å². The number of phenols is 1. The number of phenolic OH excluding ortho intramolecular Hbond substituents is 1. The second-order valence-corrected chi connectivity index (χ2v) is 10.9. The van der Waals surface area contributed by atoms with E-state index < -0.39 is 42.6 Å². The second-order valence-electron chi connectivity index (χ2n) is 10.9. The lowest BCUT2D eigenvalue weighted by Gasteiger charge is -2.41. The Labute approximate surface area is 243 Å². The average Bonchev–Trinajstić information content (AvgIpc) is 2.88. The van der Waals surface area contributed by atoms with Gasteiger partial charge < -0.3 is 34.3 Å². The van der Waals surface area contributed by atoms with E-state index in [0.717, 1.165) is 32.6 Å². The fraction of sp³-hybridized carbons (Fsp3) is 0.562. The maximum atomic E-state index is 11.6. The number of esters is 2. The number of carbonyl (C=O) groups excluding carboxylic acids is 2. The van der Waals surface area contributed by atoms with Crippen LogP contribution in [0, 0.1) is 6.92 Å². The van der Waals surface area contributed by atoms with Crippen LogP contribution in [0.5, 0.6) is 11.5 Å². The first kappa shape index (κ1) is 34.1. The fourth-order valence-corrected chi connectivity index (χ4v) is 4.40. The topological polar surface area (TPSA) is 132 Å². The zero-order valence-corrected chi connectivity index (χ0v) is 25.3. The fourth-order valence-electron chi connectivity index (χ4n) is 4.40. The molecule has 0 radical (unpaired) electrons. The maximum absolute atomic E-state index is 11.6. The third-order valence-corrected chi connectivity index (χ3v) is 6.81. The van der Waals surface area contributed by atoms with E-state index >= 15 is 0 Å². The Hall–Kier alpha value is -3.14. The molecule has 1 aliphatic heterocycles. The van der Waals surface area contributed by atoms with Crippen LogP contribution >= 0.6 is 0 Å². The van der Waals surface area contributed by atoms with Crippen LogP contribution in [0.15, 0.2) is 47.1 Å². The molecule has 1 aliphatic rings. The Balaban J connectivity index is 2.16. The molecule has 0 bridgehead atoms. The average molecular weight is 575 g/mol. The first-order valence-corrected chi connectivity index (χ1v) is 14.0. The molecule has 9 nitrogen and oxygen atoms in total. The molecule has 1 fully saturated rings. The number of ether oxygens (including phenoxy) is 4. The minimum absolute atomic E-state index is 0.0983. The maximum Gasteiger partial charge on any atom is 0.303 e. The van der Waals surface area contributed by atoms with Gasteiger partial charge in [0.15, 0.2) is 6.10 Å². The molecule has 0 aliphatic carbocycles. The smallest absolute Gasteiger partial charge is 0.303 e. The van der Waals surface area contributed by atoms with Crippen molar-refractivity contribution in [2.45, 2.75) is 111 Å². The van der Waals surface area contributed by atoms with Gasteiger partial charge in [-0.05, 0) is 84.4 Å². The quantitative estimate of drug-likeness (QED) is 0.220. The first-order chi connectivity index (χ1) is 19.3. The molecule has 0 aromatic heterocycles. The Bertz CT molecular complexity index is 1130. The van der Waals surface area contributed by atoms with Gasteiger partial charge in [0.05, 0.1) is 0 Å². The number of hydrogen-bond donors (Lipinski definition) is 3. The summed E-state index contributed by atoms with van der Waals surface area (Å²) in [5, 5.41) is 31.9. The van der Waals surface area contributed by atoms with E-state index in [1.54, 1.807) is 19.1 Å². The molecule has 41 heavy (non-hydrogen) atoms. The summed E-state index contributed by atoms with van der Waals surface area (Å²) in [6, 6.07) is 3.24. The molecule has 3 N–H and O–H groups in total. The van der Waals surface area contributed by atoms with Crippen molar-refractivity contribution in [2.75, 3.05) is 6.61 Å². The molecule has 5 unspecified atom stereocenters. The summed E-state index contributed by atoms with van der Waals surface area (Å²) in [4.78, 5) is 23.0. The Morgan fingerprint density at radius 3 is 2.15 bits per heavy atom. The predicted octanol–water partition coefficient (Wildman–Crippen LogP) is 4.98. The Morgan fingerprint density at radius 2 is 1.54 bits per heavy atom. The van der Waals surface area contributed by atoms with Crippen LogP contribution in [0.3, 0.4) is 0 Å². The first-order valence-electron chi connectivity index (χ1n) is 14.0. The molecule has 0 amide bonds. The van der Waals surface area contributed by atoms with E-state index in [9.17, 15) is 24.9 Å². The minimum Gasteiger partial charge on any atom is -0.508 e. The monoisotopic (exact) mass is 574 g/mol. The van der Waals surface area contributed by atoms with Gasteiger partial charge in [-0.15, -0.1) is 0 Å². The van der Waals surface area contributed by atoms with Crippen molar-refractivity contribution in [1.82, 2.24) is 0 Å². The standard InChI is InChI=1S/C32H46O9/c1-19(2)10-8-11-20(3)12-9-13-21(4)14-15-25-17-26(35)22(5)16-27(25)40-32-30(37)29(36)31(39-24(7)34)28(41-32)18-38-23(6)33/h10,12,14,16-17,28-32,35-37H,8-9,11,13,15,18H2,1-7H3. The molecule has 1 aromatic carbocycles. The van der Waals surface area contributed by atoms with Crippen molar-refractivity contribution >= 4 is 11.9 Å². The van der Waals surface area contributed by atoms with Crippen LogP contribution in [0.1, 0.15) is 78.4 Å². The normalized spacial score (nSPS) is 23.1. The lowest BCUT2D eigenvalue weighted by atomic mass is 9.98. The number of hydrogen-bond acceptors (Lipinski definition) is 9. The van der Waals surface area contributed by atoms with Crippen molar-refractivity contribution in [2.24, 2.45) is 0 Å². The van der Waals surface area contributed by atoms with Gasteiger partial charge in [-0.2, -0.15) is 0 Å². The van der Waals surface area contributed by atoms with Crippen molar-refractivity contribution in [1.29, 1.82) is 0 Å². The predicted molar refractivity (Wildman–Crippen MR) is 155 cm³/mol. The van der Waals surface area contributed by atoms with Gasteiger partial charge in [0.25, 0.3) is 0 Å². The van der Waals surface area contributed by atoms with Crippen molar-refractivity contribution in [3.63, 3.8) is 0 Å². The molecule has 228 valence electrons. The summed E-state index contributed by atoms with van der Waals surface area (Å²) in [5.74, 6) is -0.819. The van der Waals surface area contributed by atoms with Crippen LogP contribution in [0.4, 0.5) is 0 Å². The number of rotatable bonds is 13. The zero-order valence-electron chi connectivity index (χ0n) is 25.3. The molecule has 2 rings (SSSR count). The van der Waals surface area contributed by atoms with Gasteiger partial charge >= 0.3 is 11.9 Å². The highest BCUT2D eigenvalue weighted by Crippen LogP contribution is 2.32. The molecule has 1 saturated heterocycles. The summed E-state index contributed by atoms with van der Waals surface area (Å²) in [6.07, 6.45) is 4.12. The van der Waals surface area contributed by atoms with Gasteiger partial charge in [0.2, 0.25) is 6.29 Å². The third kappa shape index (κ3) is 11.3. The molecule has 9 heteroatoms. The highest BCUT2D eigenvalue weighted by atomic mass is 16.7. The molecular weight excluding hydrogens is 528 g/mol. The number of benzene rings is 1. The summed E-state index contributed by atoms with van der Waals surface area (Å²) in [7, 11) is 0. The van der Waals surface area contributed by atoms with Gasteiger partial charge in [0.1, 0.15) is 36.4 Å². The van der Waals surface area contributed by atoms with Crippen LogP contribution in [0.25, 0.3) is 0 Å². The van der Waals surface area contributed by atoms with Crippen molar-refractivity contribution in [3.8, 4) is 11.5 Å². The van der Waals surface area contributed by atoms with Crippen LogP contribution < -0.4 is 4.74 Å². The van der Waals surface area contributed by atoms with Gasteiger partial charge in [-0.25, -0.2) is 0 Å². The van der Waals surface area contributed by atoms with E-state index in [1.807, 2.05) is 0 Å². The van der Waals surface area contributed by atoms with Crippen LogP contribution in [-0.4, -0.2) is 64.6 Å². The molecule has 1 heterocycles. The lowest BCUT2D eigenvalue weighted by molar-refractivity contribution is -0.282. The number of aryl methyl sites for hydroxylation is 1. The highest BCUT2D eigenvalue weighted by Gasteiger charge is 2.48. The summed E-state index contributed by atoms with van der Waals surface area (Å²) in [5.41, 5.74) is 5.09. The third-order valence-electron chi connectivity index (χ3n) is 6.81. The van der Waals surface area contributed by atoms with Crippen LogP contribution in [0.2, 0.25) is 0 Å². The molecular formula is C32H46O9. The highest BCUT2D eigenvalue weighted by molar-refractivity contribution is 5.66. The number of aromatic hydroxyl groups is 1. The van der Waals surface area contributed by atoms with Crippen molar-refractivity contribution in [3.05, 3.63) is 58.2 Å². The number of carbonyl (C=O) groups is 2. The summed E-state index contributed by atoms with van der Waals surface area (Å²) < 4.78 is 22.0. The van der Waals surface area contributed by atoms with Gasteiger partial charge in [-0.1, -0.05) is 34.9 Å². The van der Waals surface area contributed by atoms with E-state index in [2.05, 4.69) is 45.9 Å². The second kappa shape index (κ2) is 16.3. The van der Waals surface area contributed by atoms with Crippen molar-refractivity contribution < 1.29 is 43.9 Å². The van der Waals surface area contributed by atoms with E-state index in [-0.39, 0.29) is 12.4 Å². The molecule has 0 spiro atoms. The molecule has 0 saturated carbocycles. The largest absolute Gasteiger partial charge is 0.508 e. The lowest BCUT2D eigenvalue weighted by Crippen LogP contribution is -2.61. The zero-order chi connectivity index (χ0) is 30.7. The molecule has 5 atom stereocenters. The summed E-state index contributed by atoms with van der Waals surface area (Å²) in [6.45, 7) is 12.2. The molecule has 1 aromatic rings. The number of allylic oxidation sites excluding steroid dienone is 6. The Kier molecular flexibility index (Phi) is 13.6. The summed E-state index contributed by atoms with van der Waals surface area (Å²) >= 11 is 0. The van der Waals surface area contributed by atoms with Gasteiger partial charge in [-0.3, -0.25) is 9.59 Å². The van der Waals surface area contributed by atoms with Crippen LogP contribution in [-0.2, 0) is 30.2 Å². The van der Waals surface area contributed by atoms with E-state index in [0.29, 0.717) is 23.3 Å². The number of aliphatic hydroxyl groups is 2. The van der Waals surface area contributed by atoms with E-state index in [4.69, 9.17) is 18.9 Å².